The molecule has 8 nitrogen and oxygen atoms in total. The molecule has 0 bridgehead atoms. The minimum atomic E-state index is -0.405. The first-order chi connectivity index (χ1) is 13.7. The van der Waals surface area contributed by atoms with Crippen molar-refractivity contribution in [2.24, 2.45) is 0 Å². The summed E-state index contributed by atoms with van der Waals surface area (Å²) in [4.78, 5) is 29.1. The first-order valence-electron chi connectivity index (χ1n) is 9.73. The van der Waals surface area contributed by atoms with Gasteiger partial charge < -0.3 is 20.1 Å². The average Bonchev–Trinajstić information content (AvgIpc) is 3.43. The number of carbonyl (C=O) groups is 2. The van der Waals surface area contributed by atoms with Gasteiger partial charge in [-0.1, -0.05) is 35.5 Å². The molecule has 0 aliphatic carbocycles. The number of amides is 2. The van der Waals surface area contributed by atoms with Crippen molar-refractivity contribution < 1.29 is 14.1 Å². The Balaban J connectivity index is 0.00000240. The second-order valence-corrected chi connectivity index (χ2v) is 7.19. The summed E-state index contributed by atoms with van der Waals surface area (Å²) in [5.41, 5.74) is 1.02. The molecule has 0 spiro atoms. The minimum absolute atomic E-state index is 0. The standard InChI is InChI=1S/C20H25N5O3.ClH/c26-19(25-9-6-16(14-25)24-10-7-21-8-11-24)13-22-20(27)17-12-18(28-23-17)15-4-2-1-3-5-15;/h1-5,12,16,21H,6-11,13-14H2,(H,22,27);1H. The molecule has 0 saturated carbocycles. The molecular formula is C20H26ClN5O3. The second-order valence-electron chi connectivity index (χ2n) is 7.19. The van der Waals surface area contributed by atoms with Gasteiger partial charge in [-0.2, -0.15) is 0 Å². The van der Waals surface area contributed by atoms with Gasteiger partial charge in [0.2, 0.25) is 5.91 Å². The molecule has 4 rings (SSSR count). The van der Waals surface area contributed by atoms with E-state index in [4.69, 9.17) is 4.52 Å². The van der Waals surface area contributed by atoms with E-state index >= 15 is 0 Å². The third kappa shape index (κ3) is 5.14. The highest BCUT2D eigenvalue weighted by atomic mass is 35.5. The Bertz CT molecular complexity index is 823. The fourth-order valence-electron chi connectivity index (χ4n) is 3.79. The van der Waals surface area contributed by atoms with Crippen molar-refractivity contribution >= 4 is 24.2 Å². The molecule has 1 unspecified atom stereocenters. The number of aromatic nitrogens is 1. The van der Waals surface area contributed by atoms with E-state index in [2.05, 4.69) is 20.7 Å². The van der Waals surface area contributed by atoms with E-state index in [0.717, 1.165) is 51.3 Å². The van der Waals surface area contributed by atoms with Crippen LogP contribution < -0.4 is 10.6 Å². The van der Waals surface area contributed by atoms with Crippen molar-refractivity contribution in [3.8, 4) is 11.3 Å². The van der Waals surface area contributed by atoms with E-state index in [-0.39, 0.29) is 30.6 Å². The quantitative estimate of drug-likeness (QED) is 0.751. The van der Waals surface area contributed by atoms with E-state index < -0.39 is 5.91 Å². The van der Waals surface area contributed by atoms with Gasteiger partial charge in [0.25, 0.3) is 5.91 Å². The van der Waals surface area contributed by atoms with E-state index in [9.17, 15) is 9.59 Å². The first-order valence-corrected chi connectivity index (χ1v) is 9.73. The predicted molar refractivity (Wildman–Crippen MR) is 111 cm³/mol. The van der Waals surface area contributed by atoms with Crippen LogP contribution in [0.2, 0.25) is 0 Å². The maximum Gasteiger partial charge on any atom is 0.273 e. The van der Waals surface area contributed by atoms with Crippen LogP contribution in [-0.4, -0.2) is 78.6 Å². The third-order valence-corrected chi connectivity index (χ3v) is 5.39. The van der Waals surface area contributed by atoms with Gasteiger partial charge >= 0.3 is 0 Å². The fraction of sp³-hybridized carbons (Fsp3) is 0.450. The van der Waals surface area contributed by atoms with Crippen molar-refractivity contribution in [1.82, 2.24) is 25.6 Å². The summed E-state index contributed by atoms with van der Waals surface area (Å²) < 4.78 is 5.24. The van der Waals surface area contributed by atoms with Gasteiger partial charge in [-0.15, -0.1) is 12.4 Å². The molecule has 9 heteroatoms. The number of piperazine rings is 1. The van der Waals surface area contributed by atoms with Gasteiger partial charge in [0, 0.05) is 56.9 Å². The van der Waals surface area contributed by atoms with Crippen LogP contribution in [0.25, 0.3) is 11.3 Å². The number of hydrogen-bond donors (Lipinski definition) is 2. The zero-order chi connectivity index (χ0) is 19.3. The molecule has 2 aliphatic heterocycles. The van der Waals surface area contributed by atoms with Gasteiger partial charge in [-0.25, -0.2) is 0 Å². The zero-order valence-corrected chi connectivity index (χ0v) is 17.0. The summed E-state index contributed by atoms with van der Waals surface area (Å²) in [5, 5.41) is 9.82. The number of hydrogen-bond acceptors (Lipinski definition) is 6. The smallest absolute Gasteiger partial charge is 0.273 e. The van der Waals surface area contributed by atoms with Crippen LogP contribution in [0.5, 0.6) is 0 Å². The lowest BCUT2D eigenvalue weighted by Crippen LogP contribution is -2.49. The number of rotatable bonds is 5. The molecule has 156 valence electrons. The van der Waals surface area contributed by atoms with Crippen molar-refractivity contribution in [1.29, 1.82) is 0 Å². The maximum atomic E-state index is 12.5. The average molecular weight is 420 g/mol. The Labute approximate surface area is 176 Å². The van der Waals surface area contributed by atoms with Crippen LogP contribution in [0.4, 0.5) is 0 Å². The highest BCUT2D eigenvalue weighted by Crippen LogP contribution is 2.20. The SMILES string of the molecule is Cl.O=C(NCC(=O)N1CCC(N2CCNCC2)C1)c1cc(-c2ccccc2)on1. The van der Waals surface area contributed by atoms with E-state index in [1.807, 2.05) is 35.2 Å². The first kappa shape index (κ1) is 21.3. The molecule has 1 aromatic carbocycles. The summed E-state index contributed by atoms with van der Waals surface area (Å²) in [7, 11) is 0. The van der Waals surface area contributed by atoms with Crippen LogP contribution >= 0.6 is 12.4 Å². The van der Waals surface area contributed by atoms with Crippen LogP contribution in [-0.2, 0) is 4.79 Å². The van der Waals surface area contributed by atoms with Crippen molar-refractivity contribution in [3.05, 3.63) is 42.1 Å². The zero-order valence-electron chi connectivity index (χ0n) is 16.2. The largest absolute Gasteiger partial charge is 0.355 e. The summed E-state index contributed by atoms with van der Waals surface area (Å²) in [6.45, 7) is 5.51. The minimum Gasteiger partial charge on any atom is -0.355 e. The molecule has 3 heterocycles. The molecule has 2 aromatic rings. The lowest BCUT2D eigenvalue weighted by atomic mass is 10.1. The summed E-state index contributed by atoms with van der Waals surface area (Å²) in [5.74, 6) is 0.0605. The van der Waals surface area contributed by atoms with Crippen molar-refractivity contribution in [3.63, 3.8) is 0 Å². The Hall–Kier alpha value is -2.42. The maximum absolute atomic E-state index is 12.5. The highest BCUT2D eigenvalue weighted by molar-refractivity contribution is 5.95. The highest BCUT2D eigenvalue weighted by Gasteiger charge is 2.31. The van der Waals surface area contributed by atoms with Crippen LogP contribution in [0.1, 0.15) is 16.9 Å². The van der Waals surface area contributed by atoms with Gasteiger partial charge in [0.05, 0.1) is 6.54 Å². The molecular weight excluding hydrogens is 394 g/mol. The molecule has 2 fully saturated rings. The molecule has 2 N–H and O–H groups in total. The molecule has 0 radical (unpaired) electrons. The molecule has 2 amide bonds. The second kappa shape index (κ2) is 9.87. The molecule has 2 saturated heterocycles. The van der Waals surface area contributed by atoms with Gasteiger partial charge in [-0.3, -0.25) is 14.5 Å². The number of carbonyl (C=O) groups excluding carboxylic acids is 2. The van der Waals surface area contributed by atoms with Crippen molar-refractivity contribution in [2.45, 2.75) is 12.5 Å². The van der Waals surface area contributed by atoms with E-state index in [0.29, 0.717) is 11.8 Å². The Morgan fingerprint density at radius 2 is 1.93 bits per heavy atom. The monoisotopic (exact) mass is 419 g/mol. The van der Waals surface area contributed by atoms with E-state index in [1.165, 1.54) is 0 Å². The Morgan fingerprint density at radius 1 is 1.17 bits per heavy atom. The van der Waals surface area contributed by atoms with Gasteiger partial charge in [0.15, 0.2) is 11.5 Å². The Morgan fingerprint density at radius 3 is 2.69 bits per heavy atom. The normalized spacial score (nSPS) is 19.6. The Kier molecular flexibility index (Phi) is 7.24. The third-order valence-electron chi connectivity index (χ3n) is 5.39. The number of nitrogens with one attached hydrogen (secondary N) is 2. The lowest BCUT2D eigenvalue weighted by molar-refractivity contribution is -0.129. The number of benzene rings is 1. The number of halogens is 1. The molecule has 1 aromatic heterocycles. The van der Waals surface area contributed by atoms with Gasteiger partial charge in [0.1, 0.15) is 0 Å². The van der Waals surface area contributed by atoms with Crippen LogP contribution in [0.3, 0.4) is 0 Å². The molecule has 1 atom stereocenters. The van der Waals surface area contributed by atoms with Gasteiger partial charge in [-0.05, 0) is 6.42 Å². The topological polar surface area (TPSA) is 90.7 Å². The number of nitrogens with zero attached hydrogens (tertiary/aromatic N) is 3. The summed E-state index contributed by atoms with van der Waals surface area (Å²) in [6, 6.07) is 11.5. The molecule has 29 heavy (non-hydrogen) atoms. The molecule has 2 aliphatic rings. The summed E-state index contributed by atoms with van der Waals surface area (Å²) >= 11 is 0. The fourth-order valence-corrected chi connectivity index (χ4v) is 3.79. The summed E-state index contributed by atoms with van der Waals surface area (Å²) in [6.07, 6.45) is 0.989. The number of likely N-dealkylation sites (tertiary alicyclic amines) is 1. The van der Waals surface area contributed by atoms with E-state index in [1.54, 1.807) is 6.07 Å². The van der Waals surface area contributed by atoms with Crippen LogP contribution in [0.15, 0.2) is 40.9 Å². The predicted octanol–water partition coefficient (Wildman–Crippen LogP) is 0.999. The van der Waals surface area contributed by atoms with Crippen molar-refractivity contribution in [2.75, 3.05) is 45.8 Å². The van der Waals surface area contributed by atoms with Crippen LogP contribution in [0, 0.1) is 0 Å². The lowest BCUT2D eigenvalue weighted by Gasteiger charge is -2.32.